The molecule has 100 valence electrons. The maximum atomic E-state index is 11.1. The van der Waals surface area contributed by atoms with Crippen molar-refractivity contribution in [1.82, 2.24) is 0 Å². The van der Waals surface area contributed by atoms with E-state index in [4.69, 9.17) is 14.6 Å². The minimum atomic E-state index is -1.07. The Morgan fingerprint density at radius 3 is 2.67 bits per heavy atom. The van der Waals surface area contributed by atoms with Crippen molar-refractivity contribution >= 4 is 21.9 Å². The number of halogens is 1. The van der Waals surface area contributed by atoms with Gasteiger partial charge >= 0.3 is 5.97 Å². The van der Waals surface area contributed by atoms with Crippen molar-refractivity contribution in [3.63, 3.8) is 0 Å². The highest BCUT2D eigenvalue weighted by Crippen LogP contribution is 2.28. The molecule has 0 aliphatic rings. The standard InChI is InChI=1S/C12H15BrO5/c1-7-3-8(13)4-10(12(15)16)11(7)18-6-9(14)5-17-2/h3-4,9,14H,5-6H2,1-2H3,(H,15,16). The summed E-state index contributed by atoms with van der Waals surface area (Å²) in [6.45, 7) is 1.86. The molecule has 1 atom stereocenters. The van der Waals surface area contributed by atoms with Crippen LogP contribution >= 0.6 is 15.9 Å². The molecule has 5 nitrogen and oxygen atoms in total. The number of methoxy groups -OCH3 is 1. The van der Waals surface area contributed by atoms with Crippen LogP contribution in [-0.2, 0) is 4.74 Å². The Bertz CT molecular complexity index is 433. The second kappa shape index (κ2) is 6.72. The van der Waals surface area contributed by atoms with Crippen molar-refractivity contribution < 1.29 is 24.5 Å². The number of hydrogen-bond donors (Lipinski definition) is 2. The van der Waals surface area contributed by atoms with Gasteiger partial charge in [-0.25, -0.2) is 4.79 Å². The topological polar surface area (TPSA) is 76.0 Å². The molecule has 0 aromatic heterocycles. The first kappa shape index (κ1) is 14.9. The van der Waals surface area contributed by atoms with E-state index in [9.17, 15) is 9.90 Å². The van der Waals surface area contributed by atoms with Gasteiger partial charge in [0.2, 0.25) is 0 Å². The Balaban J connectivity index is 2.90. The summed E-state index contributed by atoms with van der Waals surface area (Å²) in [7, 11) is 1.47. The van der Waals surface area contributed by atoms with Gasteiger partial charge in [0.25, 0.3) is 0 Å². The number of benzene rings is 1. The predicted octanol–water partition coefficient (Wildman–Crippen LogP) is 1.84. The minimum Gasteiger partial charge on any atom is -0.490 e. The van der Waals surface area contributed by atoms with Gasteiger partial charge < -0.3 is 19.7 Å². The molecule has 0 amide bonds. The van der Waals surface area contributed by atoms with E-state index in [-0.39, 0.29) is 24.5 Å². The van der Waals surface area contributed by atoms with Gasteiger partial charge in [0.15, 0.2) is 0 Å². The molecule has 0 saturated heterocycles. The van der Waals surface area contributed by atoms with Crippen LogP contribution in [-0.4, -0.2) is 42.6 Å². The summed E-state index contributed by atoms with van der Waals surface area (Å²) in [6, 6.07) is 3.22. The third-order valence-corrected chi connectivity index (χ3v) is 2.71. The Morgan fingerprint density at radius 1 is 1.44 bits per heavy atom. The number of carbonyl (C=O) groups is 1. The molecule has 0 spiro atoms. The number of rotatable bonds is 6. The van der Waals surface area contributed by atoms with E-state index in [2.05, 4.69) is 15.9 Å². The second-order valence-corrected chi connectivity index (χ2v) is 4.74. The van der Waals surface area contributed by atoms with Gasteiger partial charge in [-0.15, -0.1) is 0 Å². The first-order valence-corrected chi connectivity index (χ1v) is 6.08. The van der Waals surface area contributed by atoms with Crippen LogP contribution in [0.3, 0.4) is 0 Å². The van der Waals surface area contributed by atoms with Crippen molar-refractivity contribution in [2.24, 2.45) is 0 Å². The molecule has 0 fully saturated rings. The highest BCUT2D eigenvalue weighted by atomic mass is 79.9. The lowest BCUT2D eigenvalue weighted by Gasteiger charge is -2.15. The predicted molar refractivity (Wildman–Crippen MR) is 69.2 cm³/mol. The Morgan fingerprint density at radius 2 is 2.11 bits per heavy atom. The van der Waals surface area contributed by atoms with Gasteiger partial charge in [0.1, 0.15) is 24.0 Å². The second-order valence-electron chi connectivity index (χ2n) is 3.82. The number of carboxylic acids is 1. The summed E-state index contributed by atoms with van der Waals surface area (Å²) in [4.78, 5) is 11.1. The molecular weight excluding hydrogens is 304 g/mol. The van der Waals surface area contributed by atoms with Crippen LogP contribution in [0.2, 0.25) is 0 Å². The average Bonchev–Trinajstić information content (AvgIpc) is 2.27. The number of hydrogen-bond acceptors (Lipinski definition) is 4. The molecule has 1 aromatic rings. The summed E-state index contributed by atoms with van der Waals surface area (Å²) in [5.41, 5.74) is 0.748. The maximum absolute atomic E-state index is 11.1. The molecule has 0 aliphatic heterocycles. The fraction of sp³-hybridized carbons (Fsp3) is 0.417. The van der Waals surface area contributed by atoms with Crippen molar-refractivity contribution in [3.05, 3.63) is 27.7 Å². The van der Waals surface area contributed by atoms with Crippen molar-refractivity contribution in [2.45, 2.75) is 13.0 Å². The fourth-order valence-corrected chi connectivity index (χ4v) is 2.07. The number of aryl methyl sites for hydroxylation is 1. The highest BCUT2D eigenvalue weighted by Gasteiger charge is 2.16. The Hall–Kier alpha value is -1.11. The SMILES string of the molecule is COCC(O)COc1c(C)cc(Br)cc1C(=O)O. The first-order valence-electron chi connectivity index (χ1n) is 5.29. The molecular formula is C12H15BrO5. The molecule has 2 N–H and O–H groups in total. The molecule has 6 heteroatoms. The Labute approximate surface area is 113 Å². The van der Waals surface area contributed by atoms with E-state index in [1.54, 1.807) is 13.0 Å². The lowest BCUT2D eigenvalue weighted by Crippen LogP contribution is -2.23. The first-order chi connectivity index (χ1) is 8.45. The van der Waals surface area contributed by atoms with Crippen LogP contribution in [0.15, 0.2) is 16.6 Å². The summed E-state index contributed by atoms with van der Waals surface area (Å²) in [6.07, 6.45) is -0.792. The van der Waals surface area contributed by atoms with Crippen LogP contribution in [0.4, 0.5) is 0 Å². The van der Waals surface area contributed by atoms with Crippen molar-refractivity contribution in [3.8, 4) is 5.75 Å². The zero-order valence-electron chi connectivity index (χ0n) is 10.1. The lowest BCUT2D eigenvalue weighted by atomic mass is 10.1. The molecule has 0 aliphatic carbocycles. The number of aromatic carboxylic acids is 1. The monoisotopic (exact) mass is 318 g/mol. The summed E-state index contributed by atoms with van der Waals surface area (Å²) in [5, 5.41) is 18.6. The number of ether oxygens (including phenoxy) is 2. The minimum absolute atomic E-state index is 0.0173. The van der Waals surface area contributed by atoms with Crippen LogP contribution in [0, 0.1) is 6.92 Å². The lowest BCUT2D eigenvalue weighted by molar-refractivity contribution is 0.0317. The van der Waals surface area contributed by atoms with E-state index in [0.717, 1.165) is 0 Å². The maximum Gasteiger partial charge on any atom is 0.339 e. The smallest absolute Gasteiger partial charge is 0.339 e. The summed E-state index contributed by atoms with van der Waals surface area (Å²) < 4.78 is 10.8. The van der Waals surface area contributed by atoms with Crippen LogP contribution in [0.25, 0.3) is 0 Å². The van der Waals surface area contributed by atoms with Crippen molar-refractivity contribution in [1.29, 1.82) is 0 Å². The normalized spacial score (nSPS) is 12.2. The molecule has 1 unspecified atom stereocenters. The molecule has 1 aromatic carbocycles. The largest absolute Gasteiger partial charge is 0.490 e. The van der Waals surface area contributed by atoms with Crippen LogP contribution in [0.1, 0.15) is 15.9 Å². The highest BCUT2D eigenvalue weighted by molar-refractivity contribution is 9.10. The molecule has 1 rings (SSSR count). The number of aliphatic hydroxyl groups excluding tert-OH is 1. The van der Waals surface area contributed by atoms with E-state index in [1.165, 1.54) is 13.2 Å². The third kappa shape index (κ3) is 3.97. The Kier molecular flexibility index (Phi) is 5.58. The van der Waals surface area contributed by atoms with E-state index < -0.39 is 12.1 Å². The third-order valence-electron chi connectivity index (χ3n) is 2.25. The van der Waals surface area contributed by atoms with Crippen LogP contribution in [0.5, 0.6) is 5.75 Å². The molecule has 0 heterocycles. The number of aliphatic hydroxyl groups is 1. The van der Waals surface area contributed by atoms with Gasteiger partial charge in [-0.05, 0) is 24.6 Å². The fourth-order valence-electron chi connectivity index (χ4n) is 1.50. The van der Waals surface area contributed by atoms with E-state index in [0.29, 0.717) is 10.0 Å². The zero-order valence-corrected chi connectivity index (χ0v) is 11.7. The molecule has 0 saturated carbocycles. The van der Waals surface area contributed by atoms with Crippen molar-refractivity contribution in [2.75, 3.05) is 20.3 Å². The van der Waals surface area contributed by atoms with Gasteiger partial charge in [0, 0.05) is 11.6 Å². The van der Waals surface area contributed by atoms with Gasteiger partial charge in [-0.2, -0.15) is 0 Å². The molecule has 0 bridgehead atoms. The van der Waals surface area contributed by atoms with Gasteiger partial charge in [-0.1, -0.05) is 15.9 Å². The van der Waals surface area contributed by atoms with E-state index in [1.807, 2.05) is 0 Å². The van der Waals surface area contributed by atoms with E-state index >= 15 is 0 Å². The molecule has 18 heavy (non-hydrogen) atoms. The van der Waals surface area contributed by atoms with Gasteiger partial charge in [0.05, 0.1) is 6.61 Å². The van der Waals surface area contributed by atoms with Crippen LogP contribution < -0.4 is 4.74 Å². The zero-order chi connectivity index (χ0) is 13.7. The summed E-state index contributed by atoms with van der Waals surface area (Å²) in [5.74, 6) is -0.809. The van der Waals surface area contributed by atoms with Gasteiger partial charge in [-0.3, -0.25) is 0 Å². The summed E-state index contributed by atoms with van der Waals surface area (Å²) >= 11 is 3.23. The average molecular weight is 319 g/mol. The quantitative estimate of drug-likeness (QED) is 0.837. The number of carboxylic acid groups (broad SMARTS) is 1. The molecule has 0 radical (unpaired) electrons.